The molecule has 0 spiro atoms. The minimum absolute atomic E-state index is 0.217. The van der Waals surface area contributed by atoms with Gasteiger partial charge in [-0.25, -0.2) is 4.98 Å². The third-order valence-corrected chi connectivity index (χ3v) is 3.80. The highest BCUT2D eigenvalue weighted by Gasteiger charge is 2.47. The fourth-order valence-electron chi connectivity index (χ4n) is 2.45. The van der Waals surface area contributed by atoms with E-state index in [4.69, 9.17) is 10.2 Å². The van der Waals surface area contributed by atoms with Gasteiger partial charge in [-0.3, -0.25) is 0 Å². The highest BCUT2D eigenvalue weighted by Crippen LogP contribution is 2.50. The molecule has 0 saturated heterocycles. The average molecular weight is 228 g/mol. The van der Waals surface area contributed by atoms with E-state index in [-0.39, 0.29) is 11.5 Å². The van der Waals surface area contributed by atoms with E-state index in [1.807, 2.05) is 0 Å². The van der Waals surface area contributed by atoms with Crippen molar-refractivity contribution in [2.45, 2.75) is 31.2 Å². The molecule has 3 heteroatoms. The van der Waals surface area contributed by atoms with E-state index in [0.29, 0.717) is 5.89 Å². The summed E-state index contributed by atoms with van der Waals surface area (Å²) in [7, 11) is 0. The number of nitrogens with two attached hydrogens (primary N) is 1. The van der Waals surface area contributed by atoms with Crippen LogP contribution in [0.2, 0.25) is 0 Å². The molecule has 0 aliphatic heterocycles. The second-order valence-corrected chi connectivity index (χ2v) is 4.86. The lowest BCUT2D eigenvalue weighted by Gasteiger charge is -2.20. The normalized spacial score (nSPS) is 18.9. The molecule has 0 amide bonds. The summed E-state index contributed by atoms with van der Waals surface area (Å²) in [5.74, 6) is 0.669. The summed E-state index contributed by atoms with van der Waals surface area (Å²) in [6.07, 6.45) is 5.65. The molecule has 3 rings (SSSR count). The SMILES string of the molecule is CC(N)C1(c2ccc(-c3ncco3)cc2)CC1. The van der Waals surface area contributed by atoms with Gasteiger partial charge in [-0.2, -0.15) is 0 Å². The second kappa shape index (κ2) is 3.70. The summed E-state index contributed by atoms with van der Waals surface area (Å²) in [4.78, 5) is 4.14. The molecular formula is C14H16N2O. The summed E-state index contributed by atoms with van der Waals surface area (Å²) >= 11 is 0. The van der Waals surface area contributed by atoms with Crippen molar-refractivity contribution >= 4 is 0 Å². The van der Waals surface area contributed by atoms with Crippen LogP contribution in [0.25, 0.3) is 11.5 Å². The smallest absolute Gasteiger partial charge is 0.225 e. The summed E-state index contributed by atoms with van der Waals surface area (Å²) in [5, 5.41) is 0. The summed E-state index contributed by atoms with van der Waals surface area (Å²) in [6.45, 7) is 2.09. The number of nitrogens with zero attached hydrogens (tertiary/aromatic N) is 1. The van der Waals surface area contributed by atoms with E-state index < -0.39 is 0 Å². The quantitative estimate of drug-likeness (QED) is 0.878. The van der Waals surface area contributed by atoms with Crippen molar-refractivity contribution in [2.24, 2.45) is 5.73 Å². The van der Waals surface area contributed by atoms with Crippen LogP contribution in [-0.2, 0) is 5.41 Å². The lowest BCUT2D eigenvalue weighted by atomic mass is 9.89. The molecule has 88 valence electrons. The first-order chi connectivity index (χ1) is 8.22. The van der Waals surface area contributed by atoms with Gasteiger partial charge in [0.1, 0.15) is 6.26 Å². The average Bonchev–Trinajstić information content (AvgIpc) is 2.98. The predicted molar refractivity (Wildman–Crippen MR) is 66.5 cm³/mol. The van der Waals surface area contributed by atoms with Crippen molar-refractivity contribution in [1.29, 1.82) is 0 Å². The molecule has 0 bridgehead atoms. The summed E-state index contributed by atoms with van der Waals surface area (Å²) in [6, 6.07) is 8.63. The molecule has 1 saturated carbocycles. The van der Waals surface area contributed by atoms with Gasteiger partial charge in [0, 0.05) is 17.0 Å². The lowest BCUT2D eigenvalue weighted by Crippen LogP contribution is -2.31. The van der Waals surface area contributed by atoms with Crippen molar-refractivity contribution in [3.63, 3.8) is 0 Å². The number of rotatable bonds is 3. The fourth-order valence-corrected chi connectivity index (χ4v) is 2.45. The molecule has 1 heterocycles. The van der Waals surface area contributed by atoms with Gasteiger partial charge in [0.15, 0.2) is 0 Å². The molecule has 0 radical (unpaired) electrons. The number of hydrogen-bond acceptors (Lipinski definition) is 3. The van der Waals surface area contributed by atoms with Gasteiger partial charge in [-0.15, -0.1) is 0 Å². The Morgan fingerprint density at radius 3 is 2.47 bits per heavy atom. The van der Waals surface area contributed by atoms with Gasteiger partial charge in [0.2, 0.25) is 5.89 Å². The monoisotopic (exact) mass is 228 g/mol. The van der Waals surface area contributed by atoms with Crippen LogP contribution in [0.3, 0.4) is 0 Å². The topological polar surface area (TPSA) is 52.0 Å². The first-order valence-corrected chi connectivity index (χ1v) is 5.98. The van der Waals surface area contributed by atoms with Crippen LogP contribution in [0.5, 0.6) is 0 Å². The molecule has 1 unspecified atom stereocenters. The summed E-state index contributed by atoms with van der Waals surface area (Å²) in [5.41, 5.74) is 8.63. The maximum Gasteiger partial charge on any atom is 0.225 e. The fraction of sp³-hybridized carbons (Fsp3) is 0.357. The number of hydrogen-bond donors (Lipinski definition) is 1. The zero-order chi connectivity index (χ0) is 11.9. The predicted octanol–water partition coefficient (Wildman–Crippen LogP) is 2.72. The zero-order valence-electron chi connectivity index (χ0n) is 9.89. The molecule has 1 aliphatic carbocycles. The van der Waals surface area contributed by atoms with Crippen molar-refractivity contribution in [1.82, 2.24) is 4.98 Å². The van der Waals surface area contributed by atoms with Gasteiger partial charge in [-0.1, -0.05) is 12.1 Å². The Bertz CT molecular complexity index is 496. The Balaban J connectivity index is 1.91. The minimum Gasteiger partial charge on any atom is -0.445 e. The Hall–Kier alpha value is -1.61. The first kappa shape index (κ1) is 10.5. The van der Waals surface area contributed by atoms with Crippen molar-refractivity contribution in [2.75, 3.05) is 0 Å². The highest BCUT2D eigenvalue weighted by atomic mass is 16.3. The van der Waals surface area contributed by atoms with Gasteiger partial charge in [-0.05, 0) is 37.5 Å². The van der Waals surface area contributed by atoms with Crippen molar-refractivity contribution in [3.05, 3.63) is 42.3 Å². The van der Waals surface area contributed by atoms with E-state index in [9.17, 15) is 0 Å². The van der Waals surface area contributed by atoms with Crippen LogP contribution in [-0.4, -0.2) is 11.0 Å². The number of oxazole rings is 1. The molecule has 3 nitrogen and oxygen atoms in total. The molecule has 17 heavy (non-hydrogen) atoms. The van der Waals surface area contributed by atoms with E-state index in [1.165, 1.54) is 18.4 Å². The Kier molecular flexibility index (Phi) is 2.30. The van der Waals surface area contributed by atoms with Crippen LogP contribution in [0.15, 0.2) is 41.1 Å². The third kappa shape index (κ3) is 1.67. The molecule has 2 N–H and O–H groups in total. The highest BCUT2D eigenvalue weighted by molar-refractivity contribution is 5.54. The van der Waals surface area contributed by atoms with E-state index >= 15 is 0 Å². The lowest BCUT2D eigenvalue weighted by molar-refractivity contribution is 0.556. The molecular weight excluding hydrogens is 212 g/mol. The van der Waals surface area contributed by atoms with Crippen LogP contribution in [0.1, 0.15) is 25.3 Å². The maximum atomic E-state index is 6.07. The number of aromatic nitrogens is 1. The van der Waals surface area contributed by atoms with Crippen LogP contribution in [0.4, 0.5) is 0 Å². The molecule has 1 atom stereocenters. The first-order valence-electron chi connectivity index (χ1n) is 5.98. The molecule has 1 aromatic carbocycles. The molecule has 1 aliphatic rings. The Labute approximate surface area is 101 Å². The van der Waals surface area contributed by atoms with Gasteiger partial charge in [0.25, 0.3) is 0 Å². The Morgan fingerprint density at radius 2 is 2.00 bits per heavy atom. The van der Waals surface area contributed by atoms with Crippen molar-refractivity contribution < 1.29 is 4.42 Å². The molecule has 1 aromatic heterocycles. The van der Waals surface area contributed by atoms with Crippen LogP contribution >= 0.6 is 0 Å². The zero-order valence-corrected chi connectivity index (χ0v) is 9.89. The van der Waals surface area contributed by atoms with E-state index in [0.717, 1.165) is 5.56 Å². The van der Waals surface area contributed by atoms with Gasteiger partial charge < -0.3 is 10.2 Å². The second-order valence-electron chi connectivity index (χ2n) is 4.86. The van der Waals surface area contributed by atoms with Crippen LogP contribution in [0, 0.1) is 0 Å². The Morgan fingerprint density at radius 1 is 1.29 bits per heavy atom. The molecule has 1 fully saturated rings. The van der Waals surface area contributed by atoms with Gasteiger partial charge in [0.05, 0.1) is 6.20 Å². The van der Waals surface area contributed by atoms with E-state index in [1.54, 1.807) is 12.5 Å². The third-order valence-electron chi connectivity index (χ3n) is 3.80. The summed E-state index contributed by atoms with van der Waals surface area (Å²) < 4.78 is 5.27. The van der Waals surface area contributed by atoms with Crippen molar-refractivity contribution in [3.8, 4) is 11.5 Å². The maximum absolute atomic E-state index is 6.07. The van der Waals surface area contributed by atoms with Crippen LogP contribution < -0.4 is 5.73 Å². The van der Waals surface area contributed by atoms with E-state index in [2.05, 4.69) is 36.2 Å². The number of benzene rings is 1. The largest absolute Gasteiger partial charge is 0.445 e. The minimum atomic E-state index is 0.217. The van der Waals surface area contributed by atoms with Gasteiger partial charge >= 0.3 is 0 Å². The molecule has 2 aromatic rings. The standard InChI is InChI=1S/C14H16N2O/c1-10(15)14(6-7-14)12-4-2-11(3-5-12)13-16-8-9-17-13/h2-5,8-10H,6-7,15H2,1H3.